The molecule has 0 saturated heterocycles. The molecule has 134 valence electrons. The standard InChI is InChI=1S/C19H22BrNO4/c1-3-14-7-8-18(17(20)11-14)25-13-19(22)21-9-10-24-16-6-4-5-15(12-16)23-2/h4-8,11-12H,3,9-10,13H2,1-2H3,(H,21,22). The minimum atomic E-state index is -0.194. The van der Waals surface area contributed by atoms with Gasteiger partial charge < -0.3 is 19.5 Å². The lowest BCUT2D eigenvalue weighted by Crippen LogP contribution is -2.32. The first-order valence-electron chi connectivity index (χ1n) is 8.07. The normalized spacial score (nSPS) is 10.2. The number of aryl methyl sites for hydroxylation is 1. The van der Waals surface area contributed by atoms with Crippen molar-refractivity contribution in [2.75, 3.05) is 26.9 Å². The molecule has 0 spiro atoms. The van der Waals surface area contributed by atoms with Crippen molar-refractivity contribution in [1.82, 2.24) is 5.32 Å². The summed E-state index contributed by atoms with van der Waals surface area (Å²) in [6.07, 6.45) is 0.951. The molecule has 0 unspecified atom stereocenters. The number of methoxy groups -OCH3 is 1. The van der Waals surface area contributed by atoms with Gasteiger partial charge in [-0.3, -0.25) is 4.79 Å². The number of rotatable bonds is 9. The average molecular weight is 408 g/mol. The van der Waals surface area contributed by atoms with E-state index in [0.717, 1.165) is 16.6 Å². The molecule has 5 nitrogen and oxygen atoms in total. The van der Waals surface area contributed by atoms with Crippen LogP contribution in [0.4, 0.5) is 0 Å². The van der Waals surface area contributed by atoms with E-state index in [0.29, 0.717) is 24.7 Å². The van der Waals surface area contributed by atoms with Gasteiger partial charge >= 0.3 is 0 Å². The van der Waals surface area contributed by atoms with Crippen LogP contribution in [0.15, 0.2) is 46.9 Å². The second-order valence-electron chi connectivity index (χ2n) is 5.28. The molecular weight excluding hydrogens is 386 g/mol. The summed E-state index contributed by atoms with van der Waals surface area (Å²) in [7, 11) is 1.60. The van der Waals surface area contributed by atoms with Crippen LogP contribution in [-0.2, 0) is 11.2 Å². The van der Waals surface area contributed by atoms with Crippen LogP contribution in [0.2, 0.25) is 0 Å². The topological polar surface area (TPSA) is 56.8 Å². The molecule has 2 aromatic rings. The molecule has 0 atom stereocenters. The fourth-order valence-corrected chi connectivity index (χ4v) is 2.67. The fraction of sp³-hybridized carbons (Fsp3) is 0.316. The van der Waals surface area contributed by atoms with Gasteiger partial charge in [-0.1, -0.05) is 19.1 Å². The molecule has 0 aliphatic heterocycles. The highest BCUT2D eigenvalue weighted by atomic mass is 79.9. The lowest BCUT2D eigenvalue weighted by molar-refractivity contribution is -0.123. The number of nitrogens with one attached hydrogen (secondary N) is 1. The number of hydrogen-bond donors (Lipinski definition) is 1. The third kappa shape index (κ3) is 6.31. The summed E-state index contributed by atoms with van der Waals surface area (Å²) < 4.78 is 17.1. The van der Waals surface area contributed by atoms with Gasteiger partial charge in [0.05, 0.1) is 18.1 Å². The Morgan fingerprint density at radius 3 is 2.64 bits per heavy atom. The van der Waals surface area contributed by atoms with E-state index in [4.69, 9.17) is 14.2 Å². The van der Waals surface area contributed by atoms with Crippen molar-refractivity contribution in [3.8, 4) is 17.2 Å². The van der Waals surface area contributed by atoms with Crippen LogP contribution in [0.5, 0.6) is 17.2 Å². The second-order valence-corrected chi connectivity index (χ2v) is 6.14. The van der Waals surface area contributed by atoms with E-state index in [1.807, 2.05) is 36.4 Å². The number of carbonyl (C=O) groups is 1. The van der Waals surface area contributed by atoms with Gasteiger partial charge in [0, 0.05) is 6.07 Å². The summed E-state index contributed by atoms with van der Waals surface area (Å²) in [5, 5.41) is 2.76. The van der Waals surface area contributed by atoms with Gasteiger partial charge in [0.15, 0.2) is 6.61 Å². The molecule has 0 aromatic heterocycles. The largest absolute Gasteiger partial charge is 0.497 e. The monoisotopic (exact) mass is 407 g/mol. The molecule has 2 rings (SSSR count). The highest BCUT2D eigenvalue weighted by Gasteiger charge is 2.06. The molecule has 1 N–H and O–H groups in total. The van der Waals surface area contributed by atoms with Crippen molar-refractivity contribution in [3.05, 3.63) is 52.5 Å². The van der Waals surface area contributed by atoms with Crippen LogP contribution >= 0.6 is 15.9 Å². The van der Waals surface area contributed by atoms with Gasteiger partial charge in [-0.2, -0.15) is 0 Å². The molecule has 1 amide bonds. The highest BCUT2D eigenvalue weighted by Crippen LogP contribution is 2.26. The Hall–Kier alpha value is -2.21. The molecule has 25 heavy (non-hydrogen) atoms. The molecule has 0 aliphatic carbocycles. The van der Waals surface area contributed by atoms with Gasteiger partial charge in [-0.05, 0) is 52.2 Å². The zero-order valence-corrected chi connectivity index (χ0v) is 16.0. The van der Waals surface area contributed by atoms with Gasteiger partial charge in [-0.15, -0.1) is 0 Å². The van der Waals surface area contributed by atoms with Gasteiger partial charge in [0.1, 0.15) is 23.9 Å². The summed E-state index contributed by atoms with van der Waals surface area (Å²) in [4.78, 5) is 11.8. The maximum absolute atomic E-state index is 11.8. The molecule has 2 aromatic carbocycles. The minimum absolute atomic E-state index is 0.0385. The van der Waals surface area contributed by atoms with Gasteiger partial charge in [0.25, 0.3) is 5.91 Å². The molecule has 0 fully saturated rings. The predicted molar refractivity (Wildman–Crippen MR) is 101 cm³/mol. The van der Waals surface area contributed by atoms with Crippen molar-refractivity contribution in [2.24, 2.45) is 0 Å². The Bertz CT molecular complexity index is 706. The number of ether oxygens (including phenoxy) is 3. The van der Waals surface area contributed by atoms with E-state index in [1.54, 1.807) is 13.2 Å². The van der Waals surface area contributed by atoms with E-state index >= 15 is 0 Å². The van der Waals surface area contributed by atoms with Crippen molar-refractivity contribution >= 4 is 21.8 Å². The summed E-state index contributed by atoms with van der Waals surface area (Å²) in [6, 6.07) is 13.2. The fourth-order valence-electron chi connectivity index (χ4n) is 2.13. The quantitative estimate of drug-likeness (QED) is 0.645. The van der Waals surface area contributed by atoms with Gasteiger partial charge in [-0.25, -0.2) is 0 Å². The molecule has 0 heterocycles. The lowest BCUT2D eigenvalue weighted by Gasteiger charge is -2.11. The number of carbonyl (C=O) groups excluding carboxylic acids is 1. The summed E-state index contributed by atoms with van der Waals surface area (Å²) in [5.41, 5.74) is 1.21. The zero-order valence-electron chi connectivity index (χ0n) is 14.4. The predicted octanol–water partition coefficient (Wildman–Crippen LogP) is 3.59. The molecule has 0 radical (unpaired) electrons. The van der Waals surface area contributed by atoms with Gasteiger partial charge in [0.2, 0.25) is 0 Å². The maximum atomic E-state index is 11.8. The third-order valence-electron chi connectivity index (χ3n) is 3.50. The Morgan fingerprint density at radius 1 is 1.12 bits per heavy atom. The lowest BCUT2D eigenvalue weighted by atomic mass is 10.2. The van der Waals surface area contributed by atoms with Crippen molar-refractivity contribution in [3.63, 3.8) is 0 Å². The smallest absolute Gasteiger partial charge is 0.258 e. The van der Waals surface area contributed by atoms with Crippen molar-refractivity contribution < 1.29 is 19.0 Å². The Morgan fingerprint density at radius 2 is 1.92 bits per heavy atom. The Balaban J connectivity index is 1.68. The number of benzene rings is 2. The van der Waals surface area contributed by atoms with E-state index < -0.39 is 0 Å². The third-order valence-corrected chi connectivity index (χ3v) is 4.12. The summed E-state index contributed by atoms with van der Waals surface area (Å²) in [6.45, 7) is 2.82. The molecule has 0 saturated carbocycles. The maximum Gasteiger partial charge on any atom is 0.258 e. The number of amides is 1. The van der Waals surface area contributed by atoms with E-state index in [9.17, 15) is 4.79 Å². The number of halogens is 1. The summed E-state index contributed by atoms with van der Waals surface area (Å²) >= 11 is 3.45. The summed E-state index contributed by atoms with van der Waals surface area (Å²) in [5.74, 6) is 1.89. The van der Waals surface area contributed by atoms with Crippen LogP contribution in [0.25, 0.3) is 0 Å². The highest BCUT2D eigenvalue weighted by molar-refractivity contribution is 9.10. The Kier molecular flexibility index (Phi) is 7.60. The van der Waals surface area contributed by atoms with Crippen LogP contribution in [0, 0.1) is 0 Å². The van der Waals surface area contributed by atoms with E-state index in [1.165, 1.54) is 5.56 Å². The van der Waals surface area contributed by atoms with Crippen LogP contribution in [-0.4, -0.2) is 32.8 Å². The molecular formula is C19H22BrNO4. The number of hydrogen-bond acceptors (Lipinski definition) is 4. The first-order chi connectivity index (χ1) is 12.1. The Labute approximate surface area is 156 Å². The molecule has 0 aliphatic rings. The van der Waals surface area contributed by atoms with Crippen molar-refractivity contribution in [1.29, 1.82) is 0 Å². The first-order valence-corrected chi connectivity index (χ1v) is 8.86. The first kappa shape index (κ1) is 19.1. The van der Waals surface area contributed by atoms with E-state index in [2.05, 4.69) is 28.2 Å². The van der Waals surface area contributed by atoms with Crippen LogP contribution in [0.1, 0.15) is 12.5 Å². The second kappa shape index (κ2) is 9.93. The zero-order chi connectivity index (χ0) is 18.1. The van der Waals surface area contributed by atoms with Crippen molar-refractivity contribution in [2.45, 2.75) is 13.3 Å². The molecule has 0 bridgehead atoms. The SMILES string of the molecule is CCc1ccc(OCC(=O)NCCOc2cccc(OC)c2)c(Br)c1. The van der Waals surface area contributed by atoms with E-state index in [-0.39, 0.29) is 12.5 Å². The molecule has 6 heteroatoms. The van der Waals surface area contributed by atoms with Crippen LogP contribution in [0.3, 0.4) is 0 Å². The van der Waals surface area contributed by atoms with Crippen LogP contribution < -0.4 is 19.5 Å². The average Bonchev–Trinajstić information content (AvgIpc) is 2.64. The minimum Gasteiger partial charge on any atom is -0.497 e.